The van der Waals surface area contributed by atoms with Crippen LogP contribution in [0.15, 0.2) is 16.6 Å². The molecule has 0 bridgehead atoms. The number of hydrogen-bond donors (Lipinski definition) is 1. The summed E-state index contributed by atoms with van der Waals surface area (Å²) in [7, 11) is 0. The summed E-state index contributed by atoms with van der Waals surface area (Å²) in [6.45, 7) is 11.6. The van der Waals surface area contributed by atoms with Gasteiger partial charge in [0, 0.05) is 16.2 Å². The smallest absolute Gasteiger partial charge is 0.0402 e. The first kappa shape index (κ1) is 16.9. The SMILES string of the molecule is CCC(C)(C)C1CCC(Nc2c(C)cc(Br)cc2C)CC1. The van der Waals surface area contributed by atoms with E-state index in [1.54, 1.807) is 0 Å². The summed E-state index contributed by atoms with van der Waals surface area (Å²) in [4.78, 5) is 0. The second-order valence-electron chi connectivity index (χ2n) is 7.45. The fourth-order valence-electron chi connectivity index (χ4n) is 3.65. The number of halogens is 1. The molecule has 1 aliphatic carbocycles. The lowest BCUT2D eigenvalue weighted by atomic mass is 9.69. The molecule has 1 aromatic carbocycles. The minimum atomic E-state index is 0.508. The maximum Gasteiger partial charge on any atom is 0.0402 e. The lowest BCUT2D eigenvalue weighted by Crippen LogP contribution is -2.33. The molecule has 0 aliphatic heterocycles. The van der Waals surface area contributed by atoms with Crippen LogP contribution in [0.1, 0.15) is 64.0 Å². The highest BCUT2D eigenvalue weighted by atomic mass is 79.9. The van der Waals surface area contributed by atoms with Crippen molar-refractivity contribution in [2.75, 3.05) is 5.32 Å². The lowest BCUT2D eigenvalue weighted by molar-refractivity contribution is 0.147. The van der Waals surface area contributed by atoms with E-state index < -0.39 is 0 Å². The second-order valence-corrected chi connectivity index (χ2v) is 8.37. The van der Waals surface area contributed by atoms with Crippen molar-refractivity contribution in [1.82, 2.24) is 0 Å². The summed E-state index contributed by atoms with van der Waals surface area (Å²) in [5, 5.41) is 3.81. The Balaban J connectivity index is 1.98. The predicted molar refractivity (Wildman–Crippen MR) is 97.1 cm³/mol. The zero-order valence-corrected chi connectivity index (χ0v) is 15.8. The maximum absolute atomic E-state index is 3.81. The van der Waals surface area contributed by atoms with Gasteiger partial charge in [0.15, 0.2) is 0 Å². The van der Waals surface area contributed by atoms with Crippen molar-refractivity contribution in [3.63, 3.8) is 0 Å². The molecule has 2 rings (SSSR count). The van der Waals surface area contributed by atoms with Crippen molar-refractivity contribution >= 4 is 21.6 Å². The Hall–Kier alpha value is -0.500. The molecule has 2 heteroatoms. The maximum atomic E-state index is 3.81. The number of nitrogens with one attached hydrogen (secondary N) is 1. The Morgan fingerprint density at radius 3 is 2.10 bits per heavy atom. The highest BCUT2D eigenvalue weighted by Crippen LogP contribution is 2.41. The molecule has 21 heavy (non-hydrogen) atoms. The highest BCUT2D eigenvalue weighted by Gasteiger charge is 2.31. The van der Waals surface area contributed by atoms with Gasteiger partial charge in [-0.1, -0.05) is 43.1 Å². The average molecular weight is 352 g/mol. The normalized spacial score (nSPS) is 23.1. The fraction of sp³-hybridized carbons (Fsp3) is 0.684. The molecule has 1 fully saturated rings. The fourth-order valence-corrected chi connectivity index (χ4v) is 4.34. The first-order chi connectivity index (χ1) is 9.83. The summed E-state index contributed by atoms with van der Waals surface area (Å²) >= 11 is 3.58. The molecule has 0 amide bonds. The van der Waals surface area contributed by atoms with Crippen LogP contribution in [-0.2, 0) is 0 Å². The molecule has 1 saturated carbocycles. The molecule has 0 heterocycles. The van der Waals surface area contributed by atoms with Crippen molar-refractivity contribution < 1.29 is 0 Å². The van der Waals surface area contributed by atoms with Crippen molar-refractivity contribution in [3.05, 3.63) is 27.7 Å². The van der Waals surface area contributed by atoms with Crippen LogP contribution in [0.2, 0.25) is 0 Å². The minimum absolute atomic E-state index is 0.508. The minimum Gasteiger partial charge on any atom is -0.382 e. The first-order valence-corrected chi connectivity index (χ1v) is 9.16. The topological polar surface area (TPSA) is 12.0 Å². The molecular formula is C19H30BrN. The molecule has 0 radical (unpaired) electrons. The second kappa shape index (κ2) is 6.73. The van der Waals surface area contributed by atoms with Gasteiger partial charge in [-0.15, -0.1) is 0 Å². The highest BCUT2D eigenvalue weighted by molar-refractivity contribution is 9.10. The Morgan fingerprint density at radius 1 is 1.10 bits per heavy atom. The van der Waals surface area contributed by atoms with Gasteiger partial charge < -0.3 is 5.32 Å². The van der Waals surface area contributed by atoms with Crippen molar-refractivity contribution in [1.29, 1.82) is 0 Å². The van der Waals surface area contributed by atoms with Crippen molar-refractivity contribution in [2.24, 2.45) is 11.3 Å². The molecule has 0 spiro atoms. The number of hydrogen-bond acceptors (Lipinski definition) is 1. The van der Waals surface area contributed by atoms with E-state index in [4.69, 9.17) is 0 Å². The molecule has 0 atom stereocenters. The third kappa shape index (κ3) is 4.03. The molecule has 0 unspecified atom stereocenters. The number of anilines is 1. The predicted octanol–water partition coefficient (Wildman–Crippen LogP) is 6.47. The molecule has 0 aromatic heterocycles. The van der Waals surface area contributed by atoms with Crippen LogP contribution in [-0.4, -0.2) is 6.04 Å². The van der Waals surface area contributed by atoms with E-state index in [1.807, 2.05) is 0 Å². The summed E-state index contributed by atoms with van der Waals surface area (Å²) in [5.41, 5.74) is 4.54. The average Bonchev–Trinajstić information content (AvgIpc) is 2.43. The van der Waals surface area contributed by atoms with Gasteiger partial charge >= 0.3 is 0 Å². The molecular weight excluding hydrogens is 322 g/mol. The van der Waals surface area contributed by atoms with E-state index in [0.29, 0.717) is 11.5 Å². The van der Waals surface area contributed by atoms with Gasteiger partial charge in [0.25, 0.3) is 0 Å². The summed E-state index contributed by atoms with van der Waals surface area (Å²) in [6.07, 6.45) is 6.65. The van der Waals surface area contributed by atoms with Gasteiger partial charge in [0.05, 0.1) is 0 Å². The van der Waals surface area contributed by atoms with Gasteiger partial charge in [-0.3, -0.25) is 0 Å². The Bertz CT molecular complexity index is 461. The number of aryl methyl sites for hydroxylation is 2. The van der Waals surface area contributed by atoms with E-state index in [9.17, 15) is 0 Å². The van der Waals surface area contributed by atoms with Crippen molar-refractivity contribution in [3.8, 4) is 0 Å². The van der Waals surface area contributed by atoms with E-state index in [1.165, 1.54) is 53.4 Å². The quantitative estimate of drug-likeness (QED) is 0.654. The third-order valence-electron chi connectivity index (χ3n) is 5.59. The van der Waals surface area contributed by atoms with E-state index >= 15 is 0 Å². The Morgan fingerprint density at radius 2 is 1.62 bits per heavy atom. The summed E-state index contributed by atoms with van der Waals surface area (Å²) < 4.78 is 1.18. The standard InChI is InChI=1S/C19H30BrN/c1-6-19(4,5)15-7-9-17(10-8-15)21-18-13(2)11-16(20)12-14(18)3/h11-12,15,17,21H,6-10H2,1-5H3. The number of benzene rings is 1. The van der Waals surface area contributed by atoms with Crippen LogP contribution in [0.5, 0.6) is 0 Å². The summed E-state index contributed by atoms with van der Waals surface area (Å²) in [5.74, 6) is 0.896. The Kier molecular flexibility index (Phi) is 5.40. The van der Waals surface area contributed by atoms with Crippen LogP contribution >= 0.6 is 15.9 Å². The zero-order chi connectivity index (χ0) is 15.6. The zero-order valence-electron chi connectivity index (χ0n) is 14.2. The molecule has 1 aromatic rings. The monoisotopic (exact) mass is 351 g/mol. The van der Waals surface area contributed by atoms with Crippen LogP contribution in [0, 0.1) is 25.2 Å². The van der Waals surface area contributed by atoms with Gasteiger partial charge in [0.1, 0.15) is 0 Å². The van der Waals surface area contributed by atoms with Gasteiger partial charge in [-0.2, -0.15) is 0 Å². The van der Waals surface area contributed by atoms with Gasteiger partial charge in [-0.25, -0.2) is 0 Å². The van der Waals surface area contributed by atoms with Crippen LogP contribution < -0.4 is 5.32 Å². The van der Waals surface area contributed by atoms with Crippen LogP contribution in [0.4, 0.5) is 5.69 Å². The van der Waals surface area contributed by atoms with Crippen molar-refractivity contribution in [2.45, 2.75) is 72.8 Å². The summed E-state index contributed by atoms with van der Waals surface area (Å²) in [6, 6.07) is 5.06. The van der Waals surface area contributed by atoms with Gasteiger partial charge in [-0.05, 0) is 74.1 Å². The molecule has 1 nitrogen and oxygen atoms in total. The van der Waals surface area contributed by atoms with E-state index in [-0.39, 0.29) is 0 Å². The largest absolute Gasteiger partial charge is 0.382 e. The third-order valence-corrected chi connectivity index (χ3v) is 6.05. The van der Waals surface area contributed by atoms with Gasteiger partial charge in [0.2, 0.25) is 0 Å². The molecule has 1 aliphatic rings. The Labute approximate surface area is 139 Å². The first-order valence-electron chi connectivity index (χ1n) is 8.36. The van der Waals surface area contributed by atoms with Crippen LogP contribution in [0.25, 0.3) is 0 Å². The van der Waals surface area contributed by atoms with E-state index in [2.05, 4.69) is 68.0 Å². The molecule has 118 valence electrons. The lowest BCUT2D eigenvalue weighted by Gasteiger charge is -2.39. The van der Waals surface area contributed by atoms with E-state index in [0.717, 1.165) is 5.92 Å². The molecule has 1 N–H and O–H groups in total. The number of rotatable bonds is 4. The van der Waals surface area contributed by atoms with Crippen LogP contribution in [0.3, 0.4) is 0 Å². The molecule has 0 saturated heterocycles.